The van der Waals surface area contributed by atoms with E-state index in [0.717, 1.165) is 25.3 Å². The number of benzene rings is 2. The topological polar surface area (TPSA) is 76.9 Å². The molecule has 33 heavy (non-hydrogen) atoms. The lowest BCUT2D eigenvalue weighted by Crippen LogP contribution is -2.51. The third-order valence-electron chi connectivity index (χ3n) is 5.68. The van der Waals surface area contributed by atoms with Crippen LogP contribution in [-0.4, -0.2) is 70.8 Å². The van der Waals surface area contributed by atoms with Crippen LogP contribution in [0.5, 0.6) is 5.75 Å². The van der Waals surface area contributed by atoms with Crippen molar-refractivity contribution in [1.82, 2.24) is 19.6 Å². The van der Waals surface area contributed by atoms with Gasteiger partial charge in [0.05, 0.1) is 19.0 Å². The normalized spacial score (nSPS) is 15.2. The van der Waals surface area contributed by atoms with E-state index in [4.69, 9.17) is 9.47 Å². The summed E-state index contributed by atoms with van der Waals surface area (Å²) in [7, 11) is 1.46. The molecule has 1 amide bonds. The molecule has 8 nitrogen and oxygen atoms in total. The van der Waals surface area contributed by atoms with Crippen molar-refractivity contribution in [3.05, 3.63) is 78.1 Å². The van der Waals surface area contributed by atoms with E-state index < -0.39 is 12.1 Å². The minimum absolute atomic E-state index is 0.0358. The quantitative estimate of drug-likeness (QED) is 0.518. The van der Waals surface area contributed by atoms with Crippen LogP contribution >= 0.6 is 0 Å². The van der Waals surface area contributed by atoms with Gasteiger partial charge in [-0.3, -0.25) is 9.69 Å². The maximum absolute atomic E-state index is 12.9. The molecule has 1 unspecified atom stereocenters. The average molecular weight is 449 g/mol. The van der Waals surface area contributed by atoms with Crippen molar-refractivity contribution in [3.63, 3.8) is 0 Å². The Kier molecular flexibility index (Phi) is 7.04. The van der Waals surface area contributed by atoms with Crippen LogP contribution in [0.4, 0.5) is 0 Å². The molecule has 0 saturated carbocycles. The van der Waals surface area contributed by atoms with Crippen molar-refractivity contribution in [2.45, 2.75) is 19.6 Å². The van der Waals surface area contributed by atoms with Gasteiger partial charge in [-0.1, -0.05) is 48.5 Å². The second-order valence-corrected chi connectivity index (χ2v) is 7.96. The molecular weight excluding hydrogens is 420 g/mol. The maximum Gasteiger partial charge on any atom is 0.363 e. The van der Waals surface area contributed by atoms with Gasteiger partial charge in [-0.15, -0.1) is 0 Å². The van der Waals surface area contributed by atoms with Crippen LogP contribution in [0.15, 0.2) is 66.9 Å². The predicted molar refractivity (Wildman–Crippen MR) is 123 cm³/mol. The van der Waals surface area contributed by atoms with Crippen molar-refractivity contribution in [3.8, 4) is 11.4 Å². The number of nitrogens with zero attached hydrogens (tertiary/aromatic N) is 4. The second-order valence-electron chi connectivity index (χ2n) is 7.96. The molecule has 0 spiro atoms. The van der Waals surface area contributed by atoms with E-state index in [-0.39, 0.29) is 17.4 Å². The Morgan fingerprint density at radius 2 is 1.61 bits per heavy atom. The highest BCUT2D eigenvalue weighted by molar-refractivity contribution is 5.93. The summed E-state index contributed by atoms with van der Waals surface area (Å²) < 4.78 is 12.3. The lowest BCUT2D eigenvalue weighted by atomic mass is 10.2. The number of aromatic nitrogens is 2. The zero-order chi connectivity index (χ0) is 23.2. The van der Waals surface area contributed by atoms with Gasteiger partial charge in [0, 0.05) is 32.7 Å². The van der Waals surface area contributed by atoms with Gasteiger partial charge in [0.15, 0.2) is 11.9 Å². The third kappa shape index (κ3) is 5.40. The number of hydrogen-bond donors (Lipinski definition) is 0. The van der Waals surface area contributed by atoms with Gasteiger partial charge in [-0.05, 0) is 24.6 Å². The Labute approximate surface area is 193 Å². The minimum Gasteiger partial charge on any atom is -0.493 e. The molecule has 172 valence electrons. The highest BCUT2D eigenvalue weighted by Gasteiger charge is 2.29. The smallest absolute Gasteiger partial charge is 0.363 e. The van der Waals surface area contributed by atoms with Gasteiger partial charge in [-0.25, -0.2) is 9.48 Å². The molecule has 0 N–H and O–H groups in total. The number of amides is 1. The molecular formula is C25H28N4O4. The lowest BCUT2D eigenvalue weighted by molar-refractivity contribution is -0.141. The number of esters is 1. The van der Waals surface area contributed by atoms with Crippen LogP contribution in [0.25, 0.3) is 5.69 Å². The van der Waals surface area contributed by atoms with Gasteiger partial charge in [0.1, 0.15) is 0 Å². The highest BCUT2D eigenvalue weighted by Crippen LogP contribution is 2.21. The fourth-order valence-corrected chi connectivity index (χ4v) is 3.85. The van der Waals surface area contributed by atoms with Crippen molar-refractivity contribution >= 4 is 11.9 Å². The maximum atomic E-state index is 12.9. The predicted octanol–water partition coefficient (Wildman–Crippen LogP) is 2.77. The zero-order valence-electron chi connectivity index (χ0n) is 18.9. The van der Waals surface area contributed by atoms with Crippen LogP contribution in [0, 0.1) is 0 Å². The Balaban J connectivity index is 1.33. The third-order valence-corrected chi connectivity index (χ3v) is 5.68. The molecule has 3 aromatic rings. The van der Waals surface area contributed by atoms with E-state index in [0.29, 0.717) is 13.1 Å². The summed E-state index contributed by atoms with van der Waals surface area (Å²) in [6.07, 6.45) is 0.703. The lowest BCUT2D eigenvalue weighted by Gasteiger charge is -2.35. The number of rotatable bonds is 7. The molecule has 0 aliphatic carbocycles. The van der Waals surface area contributed by atoms with Gasteiger partial charge >= 0.3 is 5.97 Å². The highest BCUT2D eigenvalue weighted by atomic mass is 16.6. The fraction of sp³-hybridized carbons (Fsp3) is 0.320. The van der Waals surface area contributed by atoms with Gasteiger partial charge in [0.25, 0.3) is 5.91 Å². The van der Waals surface area contributed by atoms with Crippen LogP contribution in [-0.2, 0) is 16.1 Å². The summed E-state index contributed by atoms with van der Waals surface area (Å²) in [4.78, 5) is 29.7. The first-order valence-corrected chi connectivity index (χ1v) is 11.0. The van der Waals surface area contributed by atoms with Crippen LogP contribution in [0.2, 0.25) is 0 Å². The van der Waals surface area contributed by atoms with E-state index in [2.05, 4.69) is 22.1 Å². The number of carbonyl (C=O) groups is 2. The van der Waals surface area contributed by atoms with Crippen LogP contribution in [0.3, 0.4) is 0 Å². The second kappa shape index (κ2) is 10.3. The number of piperazine rings is 1. The summed E-state index contributed by atoms with van der Waals surface area (Å²) in [5, 5.41) is 4.31. The van der Waals surface area contributed by atoms with Crippen molar-refractivity contribution < 1.29 is 19.1 Å². The van der Waals surface area contributed by atoms with E-state index in [1.807, 2.05) is 48.5 Å². The van der Waals surface area contributed by atoms with Gasteiger partial charge < -0.3 is 14.4 Å². The molecule has 1 aliphatic heterocycles. The minimum atomic E-state index is -0.912. The largest absolute Gasteiger partial charge is 0.493 e. The number of ether oxygens (including phenoxy) is 2. The number of methoxy groups -OCH3 is 1. The monoisotopic (exact) mass is 448 g/mol. The first kappa shape index (κ1) is 22.5. The van der Waals surface area contributed by atoms with Crippen molar-refractivity contribution in [2.24, 2.45) is 0 Å². The van der Waals surface area contributed by atoms with E-state index in [1.54, 1.807) is 22.7 Å². The first-order valence-electron chi connectivity index (χ1n) is 11.0. The van der Waals surface area contributed by atoms with E-state index in [1.165, 1.54) is 12.7 Å². The molecule has 2 heterocycles. The Morgan fingerprint density at radius 3 is 2.24 bits per heavy atom. The molecule has 8 heteroatoms. The standard InChI is InChI=1S/C25H28N4O4/c1-19(24(30)28-15-13-27(14-16-28)17-20-9-5-3-6-10-20)33-25(31)23-22(32-2)18-29(26-23)21-11-7-4-8-12-21/h3-12,18-19H,13-17H2,1-2H3. The molecule has 0 bridgehead atoms. The van der Waals surface area contributed by atoms with E-state index >= 15 is 0 Å². The number of carbonyl (C=O) groups excluding carboxylic acids is 2. The SMILES string of the molecule is COc1cn(-c2ccccc2)nc1C(=O)OC(C)C(=O)N1CCN(Cc2ccccc2)CC1. The first-order chi connectivity index (χ1) is 16.0. The molecule has 1 saturated heterocycles. The molecule has 1 fully saturated rings. The van der Waals surface area contributed by atoms with Gasteiger partial charge in [0.2, 0.25) is 5.69 Å². The molecule has 4 rings (SSSR count). The zero-order valence-corrected chi connectivity index (χ0v) is 18.9. The number of hydrogen-bond acceptors (Lipinski definition) is 6. The number of para-hydroxylation sites is 1. The molecule has 1 aliphatic rings. The molecule has 0 radical (unpaired) electrons. The summed E-state index contributed by atoms with van der Waals surface area (Å²) in [6.45, 7) is 5.20. The summed E-state index contributed by atoms with van der Waals surface area (Å²) in [5.74, 6) is -0.604. The summed E-state index contributed by atoms with van der Waals surface area (Å²) >= 11 is 0. The van der Waals surface area contributed by atoms with Crippen LogP contribution < -0.4 is 4.74 Å². The molecule has 1 atom stereocenters. The Morgan fingerprint density at radius 1 is 0.970 bits per heavy atom. The Bertz CT molecular complexity index is 1080. The van der Waals surface area contributed by atoms with Crippen LogP contribution in [0.1, 0.15) is 23.0 Å². The summed E-state index contributed by atoms with van der Waals surface area (Å²) in [5.41, 5.74) is 2.07. The Hall–Kier alpha value is -3.65. The molecule has 2 aromatic carbocycles. The average Bonchev–Trinajstić information content (AvgIpc) is 3.30. The summed E-state index contributed by atoms with van der Waals surface area (Å²) in [6, 6.07) is 19.7. The van der Waals surface area contributed by atoms with Crippen molar-refractivity contribution in [1.29, 1.82) is 0 Å². The van der Waals surface area contributed by atoms with E-state index in [9.17, 15) is 9.59 Å². The van der Waals surface area contributed by atoms with Crippen molar-refractivity contribution in [2.75, 3.05) is 33.3 Å². The molecule has 1 aromatic heterocycles. The fourth-order valence-electron chi connectivity index (χ4n) is 3.85. The van der Waals surface area contributed by atoms with Gasteiger partial charge in [-0.2, -0.15) is 5.10 Å².